The summed E-state index contributed by atoms with van der Waals surface area (Å²) in [5.74, 6) is 0.354. The van der Waals surface area contributed by atoms with Gasteiger partial charge in [-0.15, -0.1) is 0 Å². The molecule has 0 bridgehead atoms. The van der Waals surface area contributed by atoms with Crippen LogP contribution in [0.1, 0.15) is 84.5 Å². The van der Waals surface area contributed by atoms with Crippen LogP contribution in [0.5, 0.6) is 0 Å². The topological polar surface area (TPSA) is 99.2 Å². The van der Waals surface area contributed by atoms with Crippen LogP contribution in [0.4, 0.5) is 13.2 Å². The Kier molecular flexibility index (Phi) is 7.65. The molecule has 7 nitrogen and oxygen atoms in total. The average molecular weight is 603 g/mol. The number of hydrogen-bond acceptors (Lipinski definition) is 5. The summed E-state index contributed by atoms with van der Waals surface area (Å²) in [6, 6.07) is 13.3. The molecule has 1 aliphatic carbocycles. The highest BCUT2D eigenvalue weighted by Crippen LogP contribution is 2.52. The standard InChI is InChI=1S/C34H33F3N4O3/c1-20(2)24-16-26(18-38-17-24)33(11-12-33)32-39-28-10-5-13-41(19-27(28)30(43)40-32)31(44)29(42)23-8-3-6-21(14-23)22-7-4-9-25(15-22)34(35,36)37/h3-4,6-9,14-18,20,29,42H,5,10-13,19H2,1-2H3,(H,39,40,43). The highest BCUT2D eigenvalue weighted by molar-refractivity contribution is 5.83. The largest absolute Gasteiger partial charge is 0.416 e. The second-order valence-corrected chi connectivity index (χ2v) is 12.1. The van der Waals surface area contributed by atoms with Crippen LogP contribution in [-0.2, 0) is 29.4 Å². The van der Waals surface area contributed by atoms with Gasteiger partial charge >= 0.3 is 6.18 Å². The number of H-pyrrole nitrogens is 1. The molecule has 2 N–H and O–H groups in total. The molecule has 44 heavy (non-hydrogen) atoms. The Morgan fingerprint density at radius 3 is 2.45 bits per heavy atom. The number of alkyl halides is 3. The third-order valence-corrected chi connectivity index (χ3v) is 8.74. The van der Waals surface area contributed by atoms with E-state index in [-0.39, 0.29) is 23.1 Å². The fraction of sp³-hybridized carbons (Fsp3) is 0.353. The lowest BCUT2D eigenvalue weighted by Gasteiger charge is -2.24. The fourth-order valence-electron chi connectivity index (χ4n) is 5.94. The van der Waals surface area contributed by atoms with Crippen LogP contribution in [0.15, 0.2) is 71.8 Å². The Hall–Kier alpha value is -4.31. The normalized spacial score (nSPS) is 16.8. The van der Waals surface area contributed by atoms with Gasteiger partial charge in [-0.05, 0) is 77.6 Å². The van der Waals surface area contributed by atoms with E-state index in [9.17, 15) is 27.9 Å². The number of halogens is 3. The molecule has 10 heteroatoms. The number of carbonyl (C=O) groups is 1. The number of rotatable bonds is 6. The van der Waals surface area contributed by atoms with Crippen LogP contribution < -0.4 is 5.56 Å². The van der Waals surface area contributed by atoms with Crippen molar-refractivity contribution in [3.63, 3.8) is 0 Å². The highest BCUT2D eigenvalue weighted by Gasteiger charge is 2.49. The average Bonchev–Trinajstić information content (AvgIpc) is 3.85. The molecule has 1 atom stereocenters. The first-order valence-corrected chi connectivity index (χ1v) is 14.8. The second kappa shape index (κ2) is 11.3. The smallest absolute Gasteiger partial charge is 0.378 e. The third kappa shape index (κ3) is 5.66. The van der Waals surface area contributed by atoms with Crippen molar-refractivity contribution in [2.75, 3.05) is 6.54 Å². The predicted molar refractivity (Wildman–Crippen MR) is 159 cm³/mol. The summed E-state index contributed by atoms with van der Waals surface area (Å²) < 4.78 is 39.8. The van der Waals surface area contributed by atoms with Crippen LogP contribution in [0, 0.1) is 0 Å². The van der Waals surface area contributed by atoms with E-state index in [1.165, 1.54) is 17.0 Å². The number of aryl methyl sites for hydroxylation is 1. The number of aromatic amines is 1. The summed E-state index contributed by atoms with van der Waals surface area (Å²) in [6.07, 6.45) is 0.440. The number of aliphatic hydroxyl groups is 1. The van der Waals surface area contributed by atoms with Crippen LogP contribution in [-0.4, -0.2) is 37.4 Å². The molecule has 2 aromatic heterocycles. The molecule has 0 spiro atoms. The molecule has 4 aromatic rings. The Balaban J connectivity index is 1.24. The molecule has 0 radical (unpaired) electrons. The van der Waals surface area contributed by atoms with E-state index in [2.05, 4.69) is 29.9 Å². The molecular formula is C34H33F3N4O3. The molecule has 1 unspecified atom stereocenters. The van der Waals surface area contributed by atoms with Crippen molar-refractivity contribution in [1.29, 1.82) is 0 Å². The van der Waals surface area contributed by atoms with E-state index < -0.39 is 23.8 Å². The van der Waals surface area contributed by atoms with Gasteiger partial charge in [0.15, 0.2) is 6.10 Å². The van der Waals surface area contributed by atoms with Crippen LogP contribution in [0.25, 0.3) is 11.1 Å². The minimum absolute atomic E-state index is 0.00144. The summed E-state index contributed by atoms with van der Waals surface area (Å²) in [7, 11) is 0. The number of aromatic nitrogens is 3. The molecule has 2 aliphatic rings. The Morgan fingerprint density at radius 2 is 1.75 bits per heavy atom. The summed E-state index contributed by atoms with van der Waals surface area (Å²) >= 11 is 0. The van der Waals surface area contributed by atoms with E-state index in [0.717, 1.165) is 36.1 Å². The van der Waals surface area contributed by atoms with Crippen LogP contribution in [0.3, 0.4) is 0 Å². The first kappa shape index (κ1) is 29.7. The highest BCUT2D eigenvalue weighted by atomic mass is 19.4. The van der Waals surface area contributed by atoms with Gasteiger partial charge in [0.25, 0.3) is 11.5 Å². The van der Waals surface area contributed by atoms with Crippen molar-refractivity contribution in [1.82, 2.24) is 19.9 Å². The first-order chi connectivity index (χ1) is 21.0. The molecule has 1 fully saturated rings. The van der Waals surface area contributed by atoms with E-state index in [1.54, 1.807) is 24.3 Å². The Labute approximate surface area is 252 Å². The quantitative estimate of drug-likeness (QED) is 0.280. The summed E-state index contributed by atoms with van der Waals surface area (Å²) in [4.78, 5) is 40.7. The molecule has 1 aliphatic heterocycles. The number of aliphatic hydroxyl groups excluding tert-OH is 1. The van der Waals surface area contributed by atoms with Gasteiger partial charge in [0, 0.05) is 18.9 Å². The number of fused-ring (bicyclic) bond motifs is 1. The maximum absolute atomic E-state index is 13.5. The van der Waals surface area contributed by atoms with Gasteiger partial charge in [0.1, 0.15) is 5.82 Å². The van der Waals surface area contributed by atoms with Crippen molar-refractivity contribution < 1.29 is 23.1 Å². The van der Waals surface area contributed by atoms with E-state index in [0.29, 0.717) is 53.5 Å². The zero-order valence-electron chi connectivity index (χ0n) is 24.5. The van der Waals surface area contributed by atoms with Crippen LogP contribution in [0.2, 0.25) is 0 Å². The van der Waals surface area contributed by atoms with Gasteiger partial charge in [-0.3, -0.25) is 14.6 Å². The predicted octanol–water partition coefficient (Wildman–Crippen LogP) is 6.06. The number of amides is 1. The first-order valence-electron chi connectivity index (χ1n) is 14.8. The molecular weight excluding hydrogens is 569 g/mol. The second-order valence-electron chi connectivity index (χ2n) is 12.1. The zero-order chi connectivity index (χ0) is 31.2. The van der Waals surface area contributed by atoms with Crippen molar-refractivity contribution in [2.45, 2.75) is 69.7 Å². The number of hydrogen-bond donors (Lipinski definition) is 2. The molecule has 3 heterocycles. The third-order valence-electron chi connectivity index (χ3n) is 8.74. The molecule has 228 valence electrons. The summed E-state index contributed by atoms with van der Waals surface area (Å²) in [5.41, 5.74) is 2.76. The molecule has 1 saturated carbocycles. The fourth-order valence-corrected chi connectivity index (χ4v) is 5.94. The minimum atomic E-state index is -4.49. The number of pyridine rings is 1. The van der Waals surface area contributed by atoms with Crippen molar-refractivity contribution in [3.05, 3.63) is 117 Å². The Morgan fingerprint density at radius 1 is 1.02 bits per heavy atom. The lowest BCUT2D eigenvalue weighted by Crippen LogP contribution is -2.36. The number of benzene rings is 2. The van der Waals surface area contributed by atoms with Crippen molar-refractivity contribution >= 4 is 5.91 Å². The maximum Gasteiger partial charge on any atom is 0.416 e. The van der Waals surface area contributed by atoms with E-state index in [4.69, 9.17) is 4.98 Å². The monoisotopic (exact) mass is 602 g/mol. The number of nitrogens with one attached hydrogen (secondary N) is 1. The van der Waals surface area contributed by atoms with Gasteiger partial charge in [-0.1, -0.05) is 50.2 Å². The SMILES string of the molecule is CC(C)c1cncc(C2(c3nc4c(c(=O)[nH]3)CN(C(=O)C(O)c3cccc(-c5cccc(C(F)(F)F)c5)c3)CCC4)CC2)c1. The van der Waals surface area contributed by atoms with Gasteiger partial charge in [-0.25, -0.2) is 4.98 Å². The number of nitrogens with zero attached hydrogens (tertiary/aromatic N) is 3. The van der Waals surface area contributed by atoms with E-state index in [1.807, 2.05) is 12.4 Å². The Bertz CT molecular complexity index is 1780. The maximum atomic E-state index is 13.5. The summed E-state index contributed by atoms with van der Waals surface area (Å²) in [6.45, 7) is 4.54. The van der Waals surface area contributed by atoms with Gasteiger partial charge in [0.2, 0.25) is 0 Å². The van der Waals surface area contributed by atoms with Crippen molar-refractivity contribution in [2.24, 2.45) is 0 Å². The number of carbonyl (C=O) groups excluding carboxylic acids is 1. The lowest BCUT2D eigenvalue weighted by atomic mass is 9.93. The molecule has 6 rings (SSSR count). The zero-order valence-corrected chi connectivity index (χ0v) is 24.5. The molecule has 1 amide bonds. The van der Waals surface area contributed by atoms with Crippen molar-refractivity contribution in [3.8, 4) is 11.1 Å². The van der Waals surface area contributed by atoms with Gasteiger partial charge in [0.05, 0.1) is 28.8 Å². The van der Waals surface area contributed by atoms with Crippen LogP contribution >= 0.6 is 0 Å². The molecule has 0 saturated heterocycles. The van der Waals surface area contributed by atoms with E-state index >= 15 is 0 Å². The van der Waals surface area contributed by atoms with Gasteiger partial charge < -0.3 is 15.0 Å². The lowest BCUT2D eigenvalue weighted by molar-refractivity contribution is -0.141. The minimum Gasteiger partial charge on any atom is -0.378 e. The molecule has 2 aromatic carbocycles. The summed E-state index contributed by atoms with van der Waals surface area (Å²) in [5, 5.41) is 11.1. The van der Waals surface area contributed by atoms with Gasteiger partial charge in [-0.2, -0.15) is 13.2 Å².